The zero-order valence-corrected chi connectivity index (χ0v) is 16.7. The lowest BCUT2D eigenvalue weighted by Crippen LogP contribution is -2.59. The van der Waals surface area contributed by atoms with Crippen LogP contribution in [0.15, 0.2) is 46.9 Å². The van der Waals surface area contributed by atoms with E-state index in [1.165, 1.54) is 0 Å². The summed E-state index contributed by atoms with van der Waals surface area (Å²) in [6.07, 6.45) is -0.313. The van der Waals surface area contributed by atoms with E-state index < -0.39 is 5.60 Å². The maximum atomic E-state index is 13.3. The number of morpholine rings is 1. The molecule has 0 radical (unpaired) electrons. The van der Waals surface area contributed by atoms with Crippen LogP contribution in [0.5, 0.6) is 5.75 Å². The molecule has 0 N–H and O–H groups in total. The average molecular weight is 427 g/mol. The number of hydrogen-bond acceptors (Lipinski definition) is 4. The fourth-order valence-electron chi connectivity index (χ4n) is 3.85. The topological polar surface area (TPSA) is 62.6 Å². The number of amides is 1. The summed E-state index contributed by atoms with van der Waals surface area (Å²) in [5.41, 5.74) is 1.40. The van der Waals surface area contributed by atoms with Crippen LogP contribution in [-0.4, -0.2) is 35.7 Å². The number of nitriles is 1. The van der Waals surface area contributed by atoms with Gasteiger partial charge in [-0.3, -0.25) is 4.79 Å². The van der Waals surface area contributed by atoms with Crippen LogP contribution >= 0.6 is 15.9 Å². The first kappa shape index (κ1) is 18.0. The van der Waals surface area contributed by atoms with Crippen molar-refractivity contribution in [3.63, 3.8) is 0 Å². The average Bonchev–Trinajstić information content (AvgIpc) is 2.67. The first-order valence-electron chi connectivity index (χ1n) is 8.82. The van der Waals surface area contributed by atoms with Crippen LogP contribution in [0.3, 0.4) is 0 Å². The maximum absolute atomic E-state index is 13.3. The molecule has 2 aromatic carbocycles. The van der Waals surface area contributed by atoms with Gasteiger partial charge < -0.3 is 14.4 Å². The van der Waals surface area contributed by atoms with Crippen LogP contribution < -0.4 is 4.74 Å². The second-order valence-electron chi connectivity index (χ2n) is 7.31. The standard InChI is InChI=1S/C21H19BrN2O3/c1-21(2)19-18(16-11-13(12-23)3-8-17(16)27-21)24(9-10-26-19)20(25)14-4-6-15(22)7-5-14/h3-8,11,18-19H,9-10H2,1-2H3/t18-,19-/m1/s1. The van der Waals surface area contributed by atoms with Gasteiger partial charge in [0.15, 0.2) is 0 Å². The van der Waals surface area contributed by atoms with Crippen LogP contribution in [0, 0.1) is 11.3 Å². The van der Waals surface area contributed by atoms with Crippen molar-refractivity contribution in [2.45, 2.75) is 31.6 Å². The Morgan fingerprint density at radius 1 is 1.26 bits per heavy atom. The summed E-state index contributed by atoms with van der Waals surface area (Å²) in [6, 6.07) is 14.6. The van der Waals surface area contributed by atoms with Crippen molar-refractivity contribution in [3.05, 3.63) is 63.6 Å². The van der Waals surface area contributed by atoms with E-state index in [1.54, 1.807) is 12.1 Å². The van der Waals surface area contributed by atoms with Gasteiger partial charge in [0, 0.05) is 22.1 Å². The summed E-state index contributed by atoms with van der Waals surface area (Å²) in [5.74, 6) is 0.645. The molecule has 1 amide bonds. The summed E-state index contributed by atoms with van der Waals surface area (Å²) in [5, 5.41) is 9.31. The van der Waals surface area contributed by atoms with Gasteiger partial charge >= 0.3 is 0 Å². The van der Waals surface area contributed by atoms with E-state index in [-0.39, 0.29) is 18.1 Å². The predicted octanol–water partition coefficient (Wildman–Crippen LogP) is 4.07. The fraction of sp³-hybridized carbons (Fsp3) is 0.333. The SMILES string of the molecule is CC1(C)Oc2ccc(C#N)cc2[C@@H]2[C@H]1OCCN2C(=O)c1ccc(Br)cc1. The maximum Gasteiger partial charge on any atom is 0.254 e. The van der Waals surface area contributed by atoms with Gasteiger partial charge in [-0.2, -0.15) is 5.26 Å². The van der Waals surface area contributed by atoms with Crippen molar-refractivity contribution in [1.29, 1.82) is 5.26 Å². The number of rotatable bonds is 1. The molecule has 27 heavy (non-hydrogen) atoms. The van der Waals surface area contributed by atoms with Gasteiger partial charge in [-0.05, 0) is 56.3 Å². The van der Waals surface area contributed by atoms with Gasteiger partial charge in [0.1, 0.15) is 17.5 Å². The van der Waals surface area contributed by atoms with Gasteiger partial charge in [-0.25, -0.2) is 0 Å². The molecule has 0 saturated carbocycles. The lowest BCUT2D eigenvalue weighted by Gasteiger charge is -2.51. The molecule has 2 heterocycles. The van der Waals surface area contributed by atoms with Crippen molar-refractivity contribution in [1.82, 2.24) is 4.90 Å². The molecule has 0 unspecified atom stereocenters. The predicted molar refractivity (Wildman–Crippen MR) is 104 cm³/mol. The highest BCUT2D eigenvalue weighted by Crippen LogP contribution is 2.46. The molecule has 2 aromatic rings. The van der Waals surface area contributed by atoms with Gasteiger partial charge in [0.25, 0.3) is 5.91 Å². The van der Waals surface area contributed by atoms with Crippen LogP contribution in [0.25, 0.3) is 0 Å². The number of hydrogen-bond donors (Lipinski definition) is 0. The molecule has 2 atom stereocenters. The molecule has 0 aliphatic carbocycles. The van der Waals surface area contributed by atoms with E-state index >= 15 is 0 Å². The molecule has 0 bridgehead atoms. The minimum Gasteiger partial charge on any atom is -0.485 e. The highest BCUT2D eigenvalue weighted by Gasteiger charge is 2.50. The van der Waals surface area contributed by atoms with Crippen molar-refractivity contribution in [3.8, 4) is 11.8 Å². The van der Waals surface area contributed by atoms with Crippen molar-refractivity contribution < 1.29 is 14.3 Å². The van der Waals surface area contributed by atoms with Gasteiger partial charge in [0.05, 0.1) is 24.3 Å². The van der Waals surface area contributed by atoms with E-state index in [2.05, 4.69) is 22.0 Å². The Morgan fingerprint density at radius 2 is 2.00 bits per heavy atom. The number of carbonyl (C=O) groups is 1. The lowest BCUT2D eigenvalue weighted by atomic mass is 9.83. The highest BCUT2D eigenvalue weighted by molar-refractivity contribution is 9.10. The zero-order valence-electron chi connectivity index (χ0n) is 15.1. The summed E-state index contributed by atoms with van der Waals surface area (Å²) in [7, 11) is 0. The summed E-state index contributed by atoms with van der Waals surface area (Å²) < 4.78 is 13.1. The van der Waals surface area contributed by atoms with Crippen molar-refractivity contribution in [2.75, 3.05) is 13.2 Å². The molecule has 1 saturated heterocycles. The number of carbonyl (C=O) groups excluding carboxylic acids is 1. The minimum absolute atomic E-state index is 0.0492. The summed E-state index contributed by atoms with van der Waals surface area (Å²) >= 11 is 3.41. The summed E-state index contributed by atoms with van der Waals surface area (Å²) in [4.78, 5) is 15.1. The van der Waals surface area contributed by atoms with Crippen LogP contribution in [0.1, 0.15) is 41.4 Å². The van der Waals surface area contributed by atoms with Gasteiger partial charge in [0.2, 0.25) is 0 Å². The van der Waals surface area contributed by atoms with Crippen LogP contribution in [0.4, 0.5) is 0 Å². The first-order chi connectivity index (χ1) is 12.9. The number of fused-ring (bicyclic) bond motifs is 3. The van der Waals surface area contributed by atoms with Gasteiger partial charge in [-0.15, -0.1) is 0 Å². The molecule has 0 spiro atoms. The molecule has 4 rings (SSSR count). The number of ether oxygens (including phenoxy) is 2. The van der Waals surface area contributed by atoms with Gasteiger partial charge in [-0.1, -0.05) is 15.9 Å². The second kappa shape index (κ2) is 6.66. The lowest BCUT2D eigenvalue weighted by molar-refractivity contribution is -0.151. The Morgan fingerprint density at radius 3 is 2.70 bits per heavy atom. The normalized spacial score (nSPS) is 22.8. The molecule has 2 aliphatic rings. The summed E-state index contributed by atoms with van der Waals surface area (Å²) in [6.45, 7) is 4.88. The van der Waals surface area contributed by atoms with Crippen LogP contribution in [0.2, 0.25) is 0 Å². The molecular formula is C21H19BrN2O3. The van der Waals surface area contributed by atoms with E-state index in [9.17, 15) is 10.1 Å². The largest absolute Gasteiger partial charge is 0.485 e. The van der Waals surface area contributed by atoms with Crippen molar-refractivity contribution in [2.24, 2.45) is 0 Å². The van der Waals surface area contributed by atoms with Crippen molar-refractivity contribution >= 4 is 21.8 Å². The quantitative estimate of drug-likeness (QED) is 0.689. The Labute approximate surface area is 166 Å². The Hall–Kier alpha value is -2.36. The zero-order chi connectivity index (χ0) is 19.2. The number of halogens is 1. The molecular weight excluding hydrogens is 408 g/mol. The molecule has 6 heteroatoms. The van der Waals surface area contributed by atoms with E-state index in [1.807, 2.05) is 49.1 Å². The molecule has 0 aromatic heterocycles. The first-order valence-corrected chi connectivity index (χ1v) is 9.61. The second-order valence-corrected chi connectivity index (χ2v) is 8.23. The van der Waals surface area contributed by atoms with Crippen LogP contribution in [-0.2, 0) is 4.74 Å². The molecule has 138 valence electrons. The van der Waals surface area contributed by atoms with E-state index in [0.29, 0.717) is 30.0 Å². The Kier molecular flexibility index (Phi) is 4.45. The number of benzene rings is 2. The number of nitrogens with zero attached hydrogens (tertiary/aromatic N) is 2. The Bertz CT molecular complexity index is 933. The van der Waals surface area contributed by atoms with E-state index in [4.69, 9.17) is 9.47 Å². The fourth-order valence-corrected chi connectivity index (χ4v) is 4.12. The molecule has 2 aliphatic heterocycles. The third-order valence-corrected chi connectivity index (χ3v) is 5.65. The third kappa shape index (κ3) is 3.11. The monoisotopic (exact) mass is 426 g/mol. The Balaban J connectivity index is 1.80. The highest BCUT2D eigenvalue weighted by atomic mass is 79.9. The minimum atomic E-state index is -0.593. The smallest absolute Gasteiger partial charge is 0.254 e. The third-order valence-electron chi connectivity index (χ3n) is 5.12. The molecule has 1 fully saturated rings. The van der Waals surface area contributed by atoms with E-state index in [0.717, 1.165) is 10.0 Å². The molecule has 5 nitrogen and oxygen atoms in total.